The number of amides is 1. The maximum atomic E-state index is 11.6. The van der Waals surface area contributed by atoms with Crippen molar-refractivity contribution in [2.75, 3.05) is 6.54 Å². The third-order valence-corrected chi connectivity index (χ3v) is 2.43. The predicted molar refractivity (Wildman–Crippen MR) is 54.8 cm³/mol. The summed E-state index contributed by atoms with van der Waals surface area (Å²) in [6.07, 6.45) is 0. The van der Waals surface area contributed by atoms with Crippen LogP contribution in [0.1, 0.15) is 18.5 Å². The fourth-order valence-corrected chi connectivity index (χ4v) is 1.67. The highest BCUT2D eigenvalue weighted by atomic mass is 16.2. The van der Waals surface area contributed by atoms with Crippen LogP contribution in [0.2, 0.25) is 0 Å². The molecule has 1 aromatic carbocycles. The van der Waals surface area contributed by atoms with Crippen molar-refractivity contribution >= 4 is 5.91 Å². The molecule has 0 aliphatic carbocycles. The van der Waals surface area contributed by atoms with Crippen molar-refractivity contribution < 1.29 is 4.79 Å². The second-order valence-electron chi connectivity index (χ2n) is 3.66. The van der Waals surface area contributed by atoms with E-state index in [9.17, 15) is 4.79 Å². The standard InChI is InChI=1S/C11H14N2O/c1-8-7-12-11(14)10(13-8)9-5-3-2-4-6-9/h2-6,8,10,13H,7H2,1H3,(H,12,14). The highest BCUT2D eigenvalue weighted by molar-refractivity contribution is 5.84. The van der Waals surface area contributed by atoms with E-state index in [0.717, 1.165) is 5.56 Å². The Bertz CT molecular complexity index is 323. The van der Waals surface area contributed by atoms with Gasteiger partial charge in [0, 0.05) is 12.6 Å². The molecule has 14 heavy (non-hydrogen) atoms. The molecule has 0 bridgehead atoms. The molecule has 0 spiro atoms. The molecule has 1 saturated heterocycles. The lowest BCUT2D eigenvalue weighted by molar-refractivity contribution is -0.125. The van der Waals surface area contributed by atoms with Crippen molar-refractivity contribution in [1.82, 2.24) is 10.6 Å². The van der Waals surface area contributed by atoms with Crippen LogP contribution >= 0.6 is 0 Å². The lowest BCUT2D eigenvalue weighted by Crippen LogP contribution is -2.52. The molecule has 74 valence electrons. The second kappa shape index (κ2) is 3.80. The van der Waals surface area contributed by atoms with Crippen LogP contribution in [0, 0.1) is 0 Å². The fraction of sp³-hybridized carbons (Fsp3) is 0.364. The zero-order valence-corrected chi connectivity index (χ0v) is 8.16. The Kier molecular flexibility index (Phi) is 2.50. The molecular formula is C11H14N2O. The normalized spacial score (nSPS) is 27.1. The highest BCUT2D eigenvalue weighted by Crippen LogP contribution is 2.15. The Morgan fingerprint density at radius 3 is 2.71 bits per heavy atom. The maximum absolute atomic E-state index is 11.6. The summed E-state index contributed by atoms with van der Waals surface area (Å²) in [5.41, 5.74) is 1.02. The first-order valence-corrected chi connectivity index (χ1v) is 4.86. The minimum Gasteiger partial charge on any atom is -0.353 e. The van der Waals surface area contributed by atoms with Crippen molar-refractivity contribution in [3.05, 3.63) is 35.9 Å². The van der Waals surface area contributed by atoms with Crippen molar-refractivity contribution in [3.63, 3.8) is 0 Å². The minimum atomic E-state index is -0.194. The van der Waals surface area contributed by atoms with Gasteiger partial charge in [-0.25, -0.2) is 0 Å². The van der Waals surface area contributed by atoms with Crippen molar-refractivity contribution in [3.8, 4) is 0 Å². The van der Waals surface area contributed by atoms with Crippen molar-refractivity contribution in [1.29, 1.82) is 0 Å². The average molecular weight is 190 g/mol. The van der Waals surface area contributed by atoms with Gasteiger partial charge >= 0.3 is 0 Å². The van der Waals surface area contributed by atoms with Crippen LogP contribution in [0.25, 0.3) is 0 Å². The summed E-state index contributed by atoms with van der Waals surface area (Å²) < 4.78 is 0. The topological polar surface area (TPSA) is 41.1 Å². The van der Waals surface area contributed by atoms with Gasteiger partial charge in [0.2, 0.25) is 5.91 Å². The number of benzene rings is 1. The van der Waals surface area contributed by atoms with Gasteiger partial charge < -0.3 is 5.32 Å². The van der Waals surface area contributed by atoms with E-state index in [1.54, 1.807) is 0 Å². The molecule has 1 fully saturated rings. The van der Waals surface area contributed by atoms with Crippen LogP contribution in [0.4, 0.5) is 0 Å². The minimum absolute atomic E-state index is 0.0642. The van der Waals surface area contributed by atoms with Gasteiger partial charge in [-0.3, -0.25) is 10.1 Å². The van der Waals surface area contributed by atoms with Crippen LogP contribution in [-0.2, 0) is 4.79 Å². The summed E-state index contributed by atoms with van der Waals surface area (Å²) in [7, 11) is 0. The summed E-state index contributed by atoms with van der Waals surface area (Å²) in [6, 6.07) is 9.92. The lowest BCUT2D eigenvalue weighted by Gasteiger charge is -2.28. The summed E-state index contributed by atoms with van der Waals surface area (Å²) in [6.45, 7) is 2.78. The number of carbonyl (C=O) groups is 1. The Morgan fingerprint density at radius 1 is 1.29 bits per heavy atom. The zero-order valence-electron chi connectivity index (χ0n) is 8.16. The molecule has 3 heteroatoms. The predicted octanol–water partition coefficient (Wildman–Crippen LogP) is 0.836. The quantitative estimate of drug-likeness (QED) is 0.689. The van der Waals surface area contributed by atoms with Crippen LogP contribution < -0.4 is 10.6 Å². The number of hydrogen-bond donors (Lipinski definition) is 2. The second-order valence-corrected chi connectivity index (χ2v) is 3.66. The molecule has 0 radical (unpaired) electrons. The van der Waals surface area contributed by atoms with E-state index in [1.165, 1.54) is 0 Å². The summed E-state index contributed by atoms with van der Waals surface area (Å²) in [5, 5.41) is 6.15. The molecule has 3 nitrogen and oxygen atoms in total. The molecule has 2 unspecified atom stereocenters. The van der Waals surface area contributed by atoms with Crippen molar-refractivity contribution in [2.45, 2.75) is 19.0 Å². The number of hydrogen-bond acceptors (Lipinski definition) is 2. The molecule has 2 atom stereocenters. The molecular weight excluding hydrogens is 176 g/mol. The van der Waals surface area contributed by atoms with Gasteiger partial charge in [0.05, 0.1) is 0 Å². The molecule has 0 saturated carbocycles. The van der Waals surface area contributed by atoms with Gasteiger partial charge in [-0.1, -0.05) is 30.3 Å². The Morgan fingerprint density at radius 2 is 2.00 bits per heavy atom. The number of piperazine rings is 1. The van der Waals surface area contributed by atoms with E-state index in [0.29, 0.717) is 12.6 Å². The zero-order chi connectivity index (χ0) is 9.97. The first kappa shape index (κ1) is 9.21. The van der Waals surface area contributed by atoms with E-state index in [2.05, 4.69) is 17.6 Å². The van der Waals surface area contributed by atoms with Gasteiger partial charge in [0.15, 0.2) is 0 Å². The number of rotatable bonds is 1. The third-order valence-electron chi connectivity index (χ3n) is 2.43. The molecule has 2 rings (SSSR count). The first-order valence-electron chi connectivity index (χ1n) is 4.86. The van der Waals surface area contributed by atoms with Crippen LogP contribution in [-0.4, -0.2) is 18.5 Å². The molecule has 1 aromatic rings. The fourth-order valence-electron chi connectivity index (χ4n) is 1.67. The highest BCUT2D eigenvalue weighted by Gasteiger charge is 2.26. The first-order chi connectivity index (χ1) is 6.77. The average Bonchev–Trinajstić information content (AvgIpc) is 2.23. The van der Waals surface area contributed by atoms with Crippen molar-refractivity contribution in [2.24, 2.45) is 0 Å². The summed E-state index contributed by atoms with van der Waals surface area (Å²) in [4.78, 5) is 11.6. The Balaban J connectivity index is 2.20. The molecule has 0 aromatic heterocycles. The molecule has 1 aliphatic rings. The summed E-state index contributed by atoms with van der Waals surface area (Å²) >= 11 is 0. The van der Waals surface area contributed by atoms with E-state index < -0.39 is 0 Å². The van der Waals surface area contributed by atoms with Gasteiger partial charge in [-0.05, 0) is 12.5 Å². The molecule has 1 amide bonds. The van der Waals surface area contributed by atoms with Crippen LogP contribution in [0.15, 0.2) is 30.3 Å². The number of carbonyl (C=O) groups excluding carboxylic acids is 1. The van der Waals surface area contributed by atoms with Crippen LogP contribution in [0.5, 0.6) is 0 Å². The van der Waals surface area contributed by atoms with Gasteiger partial charge in [-0.15, -0.1) is 0 Å². The van der Waals surface area contributed by atoms with E-state index in [4.69, 9.17) is 0 Å². The molecule has 1 aliphatic heterocycles. The molecule has 1 heterocycles. The monoisotopic (exact) mass is 190 g/mol. The summed E-state index contributed by atoms with van der Waals surface area (Å²) in [5.74, 6) is 0.0642. The molecule has 2 N–H and O–H groups in total. The lowest BCUT2D eigenvalue weighted by atomic mass is 10.0. The van der Waals surface area contributed by atoms with Gasteiger partial charge in [-0.2, -0.15) is 0 Å². The maximum Gasteiger partial charge on any atom is 0.241 e. The Labute approximate surface area is 83.5 Å². The van der Waals surface area contributed by atoms with E-state index in [-0.39, 0.29) is 11.9 Å². The Hall–Kier alpha value is -1.35. The third kappa shape index (κ3) is 1.77. The van der Waals surface area contributed by atoms with Crippen LogP contribution in [0.3, 0.4) is 0 Å². The van der Waals surface area contributed by atoms with Gasteiger partial charge in [0.1, 0.15) is 6.04 Å². The van der Waals surface area contributed by atoms with Gasteiger partial charge in [0.25, 0.3) is 0 Å². The SMILES string of the molecule is CC1CNC(=O)C(c2ccccc2)N1. The largest absolute Gasteiger partial charge is 0.353 e. The van der Waals surface area contributed by atoms with E-state index >= 15 is 0 Å². The van der Waals surface area contributed by atoms with E-state index in [1.807, 2.05) is 30.3 Å². The smallest absolute Gasteiger partial charge is 0.241 e. The number of nitrogens with one attached hydrogen (secondary N) is 2.